The fourth-order valence-corrected chi connectivity index (χ4v) is 2.56. The van der Waals surface area contributed by atoms with Crippen LogP contribution in [0, 0.1) is 11.7 Å². The predicted molar refractivity (Wildman–Crippen MR) is 86.5 cm³/mol. The molecule has 2 N–H and O–H groups in total. The zero-order valence-corrected chi connectivity index (χ0v) is 14.2. The van der Waals surface area contributed by atoms with Gasteiger partial charge in [0.15, 0.2) is 4.77 Å². The summed E-state index contributed by atoms with van der Waals surface area (Å²) < 4.78 is 4.20. The summed E-state index contributed by atoms with van der Waals surface area (Å²) in [5, 5.41) is 14.2. The number of carbonyl (C=O) groups excluding carboxylic acids is 1. The zero-order valence-electron chi connectivity index (χ0n) is 13.4. The van der Waals surface area contributed by atoms with Crippen LogP contribution in [0.1, 0.15) is 48.7 Å². The first-order valence-electron chi connectivity index (χ1n) is 7.41. The molecule has 1 amide bonds. The normalized spacial score (nSPS) is 11.1. The number of nitrogens with one attached hydrogen (secondary N) is 2. The van der Waals surface area contributed by atoms with Crippen LogP contribution >= 0.6 is 12.2 Å². The maximum absolute atomic E-state index is 12.2. The van der Waals surface area contributed by atoms with Crippen molar-refractivity contribution in [3.8, 4) is 0 Å². The number of hydrogen-bond donors (Lipinski definition) is 2. The Kier molecular flexibility index (Phi) is 5.12. The van der Waals surface area contributed by atoms with E-state index in [4.69, 9.17) is 12.2 Å². The Hall–Kier alpha value is -1.96. The largest absolute Gasteiger partial charge is 0.349 e. The summed E-state index contributed by atoms with van der Waals surface area (Å²) in [6, 6.07) is 1.79. The highest BCUT2D eigenvalue weighted by Gasteiger charge is 2.14. The lowest BCUT2D eigenvalue weighted by atomic mass is 10.2. The van der Waals surface area contributed by atoms with Gasteiger partial charge in [-0.3, -0.25) is 14.6 Å². The second-order valence-electron chi connectivity index (χ2n) is 5.44. The van der Waals surface area contributed by atoms with Crippen LogP contribution in [-0.2, 0) is 13.1 Å². The van der Waals surface area contributed by atoms with Gasteiger partial charge in [0.05, 0.1) is 5.69 Å². The number of rotatable bonds is 6. The molecular formula is C14H22N6OS. The molecule has 0 saturated heterocycles. The highest BCUT2D eigenvalue weighted by Crippen LogP contribution is 2.11. The summed E-state index contributed by atoms with van der Waals surface area (Å²) in [6.45, 7) is 9.70. The number of hydrogen-bond acceptors (Lipinski definition) is 4. The number of aromatic amines is 1. The van der Waals surface area contributed by atoms with Crippen molar-refractivity contribution in [2.45, 2.75) is 46.7 Å². The van der Waals surface area contributed by atoms with Crippen molar-refractivity contribution in [3.63, 3.8) is 0 Å². The van der Waals surface area contributed by atoms with Gasteiger partial charge in [-0.2, -0.15) is 10.2 Å². The molecule has 0 aliphatic heterocycles. The van der Waals surface area contributed by atoms with Gasteiger partial charge in [0.25, 0.3) is 5.91 Å². The van der Waals surface area contributed by atoms with E-state index in [9.17, 15) is 4.79 Å². The van der Waals surface area contributed by atoms with E-state index in [1.54, 1.807) is 10.7 Å². The Balaban J connectivity index is 2.01. The topological polar surface area (TPSA) is 80.5 Å². The van der Waals surface area contributed by atoms with Gasteiger partial charge in [-0.15, -0.1) is 0 Å². The van der Waals surface area contributed by atoms with E-state index >= 15 is 0 Å². The molecule has 0 radical (unpaired) electrons. The third kappa shape index (κ3) is 3.44. The third-order valence-electron chi connectivity index (χ3n) is 3.36. The molecule has 0 saturated carbocycles. The summed E-state index contributed by atoms with van der Waals surface area (Å²) in [5.41, 5.74) is 1.42. The van der Waals surface area contributed by atoms with Gasteiger partial charge in [0.2, 0.25) is 0 Å². The van der Waals surface area contributed by atoms with Crippen LogP contribution in [-0.4, -0.2) is 37.0 Å². The Labute approximate surface area is 134 Å². The van der Waals surface area contributed by atoms with E-state index < -0.39 is 0 Å². The number of nitrogens with zero attached hydrogens (tertiary/aromatic N) is 4. The van der Waals surface area contributed by atoms with Gasteiger partial charge >= 0.3 is 0 Å². The highest BCUT2D eigenvalue weighted by molar-refractivity contribution is 7.71. The first-order chi connectivity index (χ1) is 10.4. The van der Waals surface area contributed by atoms with Crippen molar-refractivity contribution in [1.29, 1.82) is 0 Å². The lowest BCUT2D eigenvalue weighted by molar-refractivity contribution is 0.0941. The molecular weight excluding hydrogens is 300 g/mol. The van der Waals surface area contributed by atoms with Crippen LogP contribution in [0.2, 0.25) is 0 Å². The smallest absolute Gasteiger partial charge is 0.269 e. The van der Waals surface area contributed by atoms with E-state index in [-0.39, 0.29) is 11.8 Å². The second-order valence-corrected chi connectivity index (χ2v) is 5.82. The summed E-state index contributed by atoms with van der Waals surface area (Å²) in [6.07, 6.45) is 0. The van der Waals surface area contributed by atoms with Crippen LogP contribution < -0.4 is 5.32 Å². The van der Waals surface area contributed by atoms with E-state index in [1.807, 2.05) is 18.4 Å². The summed E-state index contributed by atoms with van der Waals surface area (Å²) in [7, 11) is 0. The maximum atomic E-state index is 12.2. The van der Waals surface area contributed by atoms with E-state index in [0.29, 0.717) is 30.1 Å². The van der Waals surface area contributed by atoms with Crippen LogP contribution in [0.15, 0.2) is 6.07 Å². The van der Waals surface area contributed by atoms with Gasteiger partial charge in [0.1, 0.15) is 11.5 Å². The Morgan fingerprint density at radius 1 is 1.50 bits per heavy atom. The minimum atomic E-state index is -0.122. The predicted octanol–water partition coefficient (Wildman–Crippen LogP) is 2.02. The number of aryl methyl sites for hydroxylation is 2. The molecule has 0 fully saturated rings. The highest BCUT2D eigenvalue weighted by atomic mass is 32.1. The minimum absolute atomic E-state index is 0.122. The zero-order chi connectivity index (χ0) is 16.3. The van der Waals surface area contributed by atoms with Crippen molar-refractivity contribution >= 4 is 18.1 Å². The molecule has 8 heteroatoms. The Bertz CT molecular complexity index is 711. The fourth-order valence-electron chi connectivity index (χ4n) is 2.33. The average molecular weight is 322 g/mol. The first-order valence-corrected chi connectivity index (χ1v) is 7.82. The van der Waals surface area contributed by atoms with Crippen molar-refractivity contribution < 1.29 is 4.79 Å². The molecule has 2 aromatic rings. The molecule has 2 aromatic heterocycles. The van der Waals surface area contributed by atoms with Gasteiger partial charge in [-0.1, -0.05) is 13.8 Å². The molecule has 0 aliphatic carbocycles. The van der Waals surface area contributed by atoms with Gasteiger partial charge in [0, 0.05) is 25.6 Å². The van der Waals surface area contributed by atoms with E-state index in [1.165, 1.54) is 0 Å². The minimum Gasteiger partial charge on any atom is -0.349 e. The molecule has 2 rings (SSSR count). The third-order valence-corrected chi connectivity index (χ3v) is 3.67. The maximum Gasteiger partial charge on any atom is 0.269 e. The van der Waals surface area contributed by atoms with Crippen LogP contribution in [0.25, 0.3) is 0 Å². The van der Waals surface area contributed by atoms with Crippen molar-refractivity contribution in [2.75, 3.05) is 6.54 Å². The summed E-state index contributed by atoms with van der Waals surface area (Å²) >= 11 is 5.23. The molecule has 0 aromatic carbocycles. The number of amides is 1. The monoisotopic (exact) mass is 322 g/mol. The molecule has 7 nitrogen and oxygen atoms in total. The lowest BCUT2D eigenvalue weighted by Gasteiger charge is -2.10. The molecule has 0 unspecified atom stereocenters. The molecule has 0 bridgehead atoms. The fraction of sp³-hybridized carbons (Fsp3) is 0.571. The van der Waals surface area contributed by atoms with Crippen LogP contribution in [0.4, 0.5) is 0 Å². The molecule has 2 heterocycles. The molecule has 0 aliphatic rings. The lowest BCUT2D eigenvalue weighted by Crippen LogP contribution is -2.29. The Morgan fingerprint density at radius 2 is 2.23 bits per heavy atom. The SMILES string of the molecule is CCn1nc(C)cc1C(=O)NCCn1c(C(C)C)n[nH]c1=S. The molecule has 22 heavy (non-hydrogen) atoms. The standard InChI is InChI=1S/C14H22N6OS/c1-5-20-11(8-10(4)18-20)13(21)15-6-7-19-12(9(2)3)16-17-14(19)22/h8-9H,5-7H2,1-4H3,(H,15,21)(H,17,22). The average Bonchev–Trinajstić information content (AvgIpc) is 3.02. The molecule has 120 valence electrons. The van der Waals surface area contributed by atoms with E-state index in [0.717, 1.165) is 11.5 Å². The molecule has 0 atom stereocenters. The van der Waals surface area contributed by atoms with Gasteiger partial charge in [-0.05, 0) is 32.1 Å². The van der Waals surface area contributed by atoms with Crippen molar-refractivity contribution in [3.05, 3.63) is 28.0 Å². The van der Waals surface area contributed by atoms with Gasteiger partial charge in [-0.25, -0.2) is 0 Å². The van der Waals surface area contributed by atoms with Gasteiger partial charge < -0.3 is 9.88 Å². The summed E-state index contributed by atoms with van der Waals surface area (Å²) in [4.78, 5) is 12.2. The number of carbonyl (C=O) groups is 1. The van der Waals surface area contributed by atoms with Crippen LogP contribution in [0.3, 0.4) is 0 Å². The van der Waals surface area contributed by atoms with Crippen molar-refractivity contribution in [2.24, 2.45) is 0 Å². The van der Waals surface area contributed by atoms with E-state index in [2.05, 4.69) is 34.5 Å². The first kappa shape index (κ1) is 16.4. The molecule has 0 spiro atoms. The quantitative estimate of drug-likeness (QED) is 0.797. The Morgan fingerprint density at radius 3 is 2.86 bits per heavy atom. The van der Waals surface area contributed by atoms with Crippen molar-refractivity contribution in [1.82, 2.24) is 29.9 Å². The number of aromatic nitrogens is 5. The second kappa shape index (κ2) is 6.87. The summed E-state index contributed by atoms with van der Waals surface area (Å²) in [5.74, 6) is 1.05. The number of H-pyrrole nitrogens is 1. The van der Waals surface area contributed by atoms with Crippen LogP contribution in [0.5, 0.6) is 0 Å².